The number of aromatic nitrogens is 2. The summed E-state index contributed by atoms with van der Waals surface area (Å²) < 4.78 is 5.43. The van der Waals surface area contributed by atoms with E-state index in [-0.39, 0.29) is 29.5 Å². The van der Waals surface area contributed by atoms with Crippen LogP contribution >= 0.6 is 0 Å². The highest BCUT2D eigenvalue weighted by molar-refractivity contribution is 5.74. The summed E-state index contributed by atoms with van der Waals surface area (Å²) in [5.74, 6) is 0.0104. The number of aliphatic carboxylic acids is 1. The molecule has 2 fully saturated rings. The Morgan fingerprint density at radius 1 is 1.36 bits per heavy atom. The molecule has 1 saturated carbocycles. The highest BCUT2D eigenvalue weighted by Gasteiger charge is 2.38. The molecule has 28 heavy (non-hydrogen) atoms. The molecular formula is C18H27N5O5. The Morgan fingerprint density at radius 2 is 2.07 bits per heavy atom. The molecule has 0 spiro atoms. The molecule has 3 rings (SSSR count). The highest BCUT2D eigenvalue weighted by Crippen LogP contribution is 2.37. The topological polar surface area (TPSA) is 140 Å². The number of nitrogens with zero attached hydrogens (tertiary/aromatic N) is 3. The van der Waals surface area contributed by atoms with Crippen molar-refractivity contribution in [1.29, 1.82) is 0 Å². The van der Waals surface area contributed by atoms with Gasteiger partial charge >= 0.3 is 11.7 Å². The van der Waals surface area contributed by atoms with E-state index in [0.29, 0.717) is 44.8 Å². The molecule has 1 aliphatic heterocycles. The summed E-state index contributed by atoms with van der Waals surface area (Å²) in [6.07, 6.45) is 4.30. The minimum absolute atomic E-state index is 0.0594. The standard InChI is InChI=1S/C18H27N5O5/c1-11-10-28-8-5-13(11)21-17-19-9-14(23(26)27)15(22-17)20-12-3-6-18(2,7-4-12)16(24)25/h9,11-13H,3-8,10H2,1-2H3,(H,24,25)(H2,19,20,21,22)/t11-,12?,13-,18?/m1/s1. The fourth-order valence-corrected chi connectivity index (χ4v) is 3.75. The predicted octanol–water partition coefficient (Wildman–Crippen LogP) is 2.67. The molecule has 0 unspecified atom stereocenters. The van der Waals surface area contributed by atoms with Gasteiger partial charge in [0.15, 0.2) is 0 Å². The molecule has 0 aromatic carbocycles. The number of hydrogen-bond acceptors (Lipinski definition) is 8. The molecule has 2 aliphatic rings. The smallest absolute Gasteiger partial charge is 0.329 e. The largest absolute Gasteiger partial charge is 0.481 e. The summed E-state index contributed by atoms with van der Waals surface area (Å²) in [6, 6.07) is 0.0879. The summed E-state index contributed by atoms with van der Waals surface area (Å²) in [4.78, 5) is 30.7. The van der Waals surface area contributed by atoms with Crippen LogP contribution in [0.3, 0.4) is 0 Å². The van der Waals surface area contributed by atoms with Crippen LogP contribution in [0.25, 0.3) is 0 Å². The van der Waals surface area contributed by atoms with E-state index in [1.54, 1.807) is 6.92 Å². The van der Waals surface area contributed by atoms with Crippen molar-refractivity contribution in [2.24, 2.45) is 11.3 Å². The van der Waals surface area contributed by atoms with E-state index in [1.807, 2.05) is 0 Å². The first-order chi connectivity index (χ1) is 13.3. The minimum atomic E-state index is -0.795. The molecule has 1 aromatic heterocycles. The van der Waals surface area contributed by atoms with Gasteiger partial charge in [0.05, 0.1) is 16.9 Å². The SMILES string of the molecule is C[C@@H]1COCC[C@H]1Nc1ncc([N+](=O)[O-])c(NC2CCC(C)(C(=O)O)CC2)n1. The number of nitro groups is 1. The molecule has 3 N–H and O–H groups in total. The Kier molecular flexibility index (Phi) is 5.97. The number of carboxylic acids is 1. The zero-order chi connectivity index (χ0) is 20.3. The monoisotopic (exact) mass is 393 g/mol. The average Bonchev–Trinajstić information content (AvgIpc) is 2.65. The maximum Gasteiger partial charge on any atom is 0.329 e. The summed E-state index contributed by atoms with van der Waals surface area (Å²) in [5.41, 5.74) is -0.918. The number of anilines is 2. The summed E-state index contributed by atoms with van der Waals surface area (Å²) in [7, 11) is 0. The van der Waals surface area contributed by atoms with E-state index in [4.69, 9.17) is 4.74 Å². The zero-order valence-electron chi connectivity index (χ0n) is 16.2. The minimum Gasteiger partial charge on any atom is -0.481 e. The van der Waals surface area contributed by atoms with Crippen molar-refractivity contribution in [3.8, 4) is 0 Å². The van der Waals surface area contributed by atoms with Crippen molar-refractivity contribution in [1.82, 2.24) is 9.97 Å². The van der Waals surface area contributed by atoms with Crippen molar-refractivity contribution >= 4 is 23.4 Å². The molecule has 0 bridgehead atoms. The Bertz CT molecular complexity index is 735. The van der Waals surface area contributed by atoms with E-state index in [2.05, 4.69) is 27.5 Å². The van der Waals surface area contributed by atoms with Gasteiger partial charge < -0.3 is 20.5 Å². The number of ether oxygens (including phenoxy) is 1. The van der Waals surface area contributed by atoms with Crippen molar-refractivity contribution in [3.05, 3.63) is 16.3 Å². The first kappa shape index (κ1) is 20.2. The van der Waals surface area contributed by atoms with Crippen LogP contribution in [0.4, 0.5) is 17.5 Å². The first-order valence-electron chi connectivity index (χ1n) is 9.64. The third-order valence-electron chi connectivity index (χ3n) is 5.87. The number of nitrogens with one attached hydrogen (secondary N) is 2. The van der Waals surface area contributed by atoms with Gasteiger partial charge in [0.2, 0.25) is 11.8 Å². The van der Waals surface area contributed by atoms with Crippen LogP contribution < -0.4 is 10.6 Å². The number of hydrogen-bond donors (Lipinski definition) is 3. The van der Waals surface area contributed by atoms with Gasteiger partial charge in [-0.1, -0.05) is 6.92 Å². The van der Waals surface area contributed by atoms with Crippen molar-refractivity contribution in [2.45, 2.75) is 58.0 Å². The van der Waals surface area contributed by atoms with E-state index < -0.39 is 16.3 Å². The van der Waals surface area contributed by atoms with Crippen molar-refractivity contribution in [3.63, 3.8) is 0 Å². The number of rotatable bonds is 6. The average molecular weight is 393 g/mol. The fourth-order valence-electron chi connectivity index (χ4n) is 3.75. The lowest BCUT2D eigenvalue weighted by Gasteiger charge is -2.34. The quantitative estimate of drug-likeness (QED) is 0.491. The number of carbonyl (C=O) groups is 1. The second-order valence-electron chi connectivity index (χ2n) is 8.06. The van der Waals surface area contributed by atoms with Crippen LogP contribution in [-0.4, -0.2) is 51.3 Å². The normalized spacial score (nSPS) is 30.4. The Balaban J connectivity index is 1.72. The zero-order valence-corrected chi connectivity index (χ0v) is 16.2. The summed E-state index contributed by atoms with van der Waals surface area (Å²) in [5, 5.41) is 27.1. The molecule has 0 amide bonds. The van der Waals surface area contributed by atoms with Gasteiger partial charge in [0.25, 0.3) is 0 Å². The van der Waals surface area contributed by atoms with E-state index >= 15 is 0 Å². The first-order valence-corrected chi connectivity index (χ1v) is 9.64. The van der Waals surface area contributed by atoms with Gasteiger partial charge in [-0.2, -0.15) is 4.98 Å². The van der Waals surface area contributed by atoms with Gasteiger partial charge in [0, 0.05) is 18.7 Å². The fraction of sp³-hybridized carbons (Fsp3) is 0.722. The Labute approximate surface area is 163 Å². The van der Waals surface area contributed by atoms with E-state index in [0.717, 1.165) is 6.42 Å². The van der Waals surface area contributed by atoms with E-state index in [9.17, 15) is 20.0 Å². The van der Waals surface area contributed by atoms with Gasteiger partial charge in [-0.15, -0.1) is 0 Å². The van der Waals surface area contributed by atoms with Crippen LogP contribution in [-0.2, 0) is 9.53 Å². The maximum atomic E-state index is 11.4. The van der Waals surface area contributed by atoms with Gasteiger partial charge in [0.1, 0.15) is 6.20 Å². The lowest BCUT2D eigenvalue weighted by molar-refractivity contribution is -0.384. The molecular weight excluding hydrogens is 366 g/mol. The Hall–Kier alpha value is -2.49. The Morgan fingerprint density at radius 3 is 2.68 bits per heavy atom. The van der Waals surface area contributed by atoms with Crippen LogP contribution in [0.15, 0.2) is 6.20 Å². The maximum absolute atomic E-state index is 11.4. The molecule has 2 heterocycles. The van der Waals surface area contributed by atoms with Crippen LogP contribution in [0, 0.1) is 21.4 Å². The lowest BCUT2D eigenvalue weighted by Crippen LogP contribution is -2.37. The second-order valence-corrected chi connectivity index (χ2v) is 8.06. The summed E-state index contributed by atoms with van der Waals surface area (Å²) >= 11 is 0. The molecule has 10 heteroatoms. The van der Waals surface area contributed by atoms with E-state index in [1.165, 1.54) is 6.20 Å². The molecule has 10 nitrogen and oxygen atoms in total. The predicted molar refractivity (Wildman–Crippen MR) is 102 cm³/mol. The molecule has 0 radical (unpaired) electrons. The van der Waals surface area contributed by atoms with Gasteiger partial charge in [-0.3, -0.25) is 14.9 Å². The van der Waals surface area contributed by atoms with Crippen LogP contribution in [0.1, 0.15) is 46.0 Å². The molecule has 1 saturated heterocycles. The molecule has 2 atom stereocenters. The van der Waals surface area contributed by atoms with Crippen molar-refractivity contribution < 1.29 is 19.6 Å². The number of carboxylic acid groups (broad SMARTS) is 1. The van der Waals surface area contributed by atoms with Crippen LogP contribution in [0.5, 0.6) is 0 Å². The van der Waals surface area contributed by atoms with Crippen molar-refractivity contribution in [2.75, 3.05) is 23.8 Å². The van der Waals surface area contributed by atoms with Crippen LogP contribution in [0.2, 0.25) is 0 Å². The molecule has 1 aliphatic carbocycles. The molecule has 154 valence electrons. The third kappa shape index (κ3) is 4.49. The second kappa shape index (κ2) is 8.26. The van der Waals surface area contributed by atoms with Gasteiger partial charge in [-0.25, -0.2) is 4.98 Å². The summed E-state index contributed by atoms with van der Waals surface area (Å²) in [6.45, 7) is 5.13. The molecule has 1 aromatic rings. The third-order valence-corrected chi connectivity index (χ3v) is 5.87. The van der Waals surface area contributed by atoms with Gasteiger partial charge in [-0.05, 0) is 44.9 Å². The highest BCUT2D eigenvalue weighted by atomic mass is 16.6. The lowest BCUT2D eigenvalue weighted by atomic mass is 9.74.